The molecule has 3 aliphatic heterocycles. The fourth-order valence-electron chi connectivity index (χ4n) is 7.88. The van der Waals surface area contributed by atoms with E-state index in [1.165, 1.54) is 56.8 Å². The second kappa shape index (κ2) is 35.4. The first-order chi connectivity index (χ1) is 34.8. The minimum Gasteiger partial charge on any atom is -0.400 e. The van der Waals surface area contributed by atoms with Gasteiger partial charge in [0.25, 0.3) is 0 Å². The van der Waals surface area contributed by atoms with Crippen molar-refractivity contribution in [1.82, 2.24) is 10.6 Å². The summed E-state index contributed by atoms with van der Waals surface area (Å²) in [7, 11) is 1.00. The number of aliphatic hydroxyl groups excluding tert-OH is 1. The lowest BCUT2D eigenvalue weighted by Gasteiger charge is -2.31. The van der Waals surface area contributed by atoms with E-state index in [0.717, 1.165) is 116 Å². The zero-order valence-electron chi connectivity index (χ0n) is 42.3. The molecule has 9 rings (SSSR count). The van der Waals surface area contributed by atoms with Crippen molar-refractivity contribution in [3.05, 3.63) is 122 Å². The number of hydrogen-bond acceptors (Lipinski definition) is 15. The number of anilines is 3. The molecule has 6 aromatic rings. The molecule has 0 aliphatic carbocycles. The van der Waals surface area contributed by atoms with Gasteiger partial charge < -0.3 is 47.6 Å². The molecule has 3 aromatic carbocycles. The molecular formula is C54H77Cl2N11OS6. The van der Waals surface area contributed by atoms with Gasteiger partial charge in [-0.2, -0.15) is 0 Å². The third-order valence-corrected chi connectivity index (χ3v) is 17.2. The third-order valence-electron chi connectivity index (χ3n) is 11.4. The molecule has 0 saturated carbocycles. The van der Waals surface area contributed by atoms with Gasteiger partial charge in [-0.05, 0) is 108 Å². The lowest BCUT2D eigenvalue weighted by atomic mass is 10.2. The van der Waals surface area contributed by atoms with Gasteiger partial charge in [-0.25, -0.2) is 15.0 Å². The van der Waals surface area contributed by atoms with Gasteiger partial charge in [0, 0.05) is 91.4 Å². The Bertz CT molecular complexity index is 2300. The zero-order chi connectivity index (χ0) is 50.2. The van der Waals surface area contributed by atoms with Crippen LogP contribution in [-0.2, 0) is 0 Å². The molecule has 0 atom stereocenters. The van der Waals surface area contributed by atoms with Gasteiger partial charge in [-0.3, -0.25) is 0 Å². The Hall–Kier alpha value is -3.92. The van der Waals surface area contributed by atoms with Crippen LogP contribution in [0.5, 0.6) is 0 Å². The normalized spacial score (nSPS) is 13.9. The maximum Gasteiger partial charge on any atom is 0.141 e. The number of halogens is 2. The fourth-order valence-corrected chi connectivity index (χ4v) is 12.9. The molecule has 3 aliphatic rings. The number of fused-ring (bicyclic) bond motifs is 3. The van der Waals surface area contributed by atoms with Crippen LogP contribution in [0, 0.1) is 0 Å². The van der Waals surface area contributed by atoms with Crippen molar-refractivity contribution in [3.8, 4) is 0 Å². The quantitative estimate of drug-likeness (QED) is 0.0274. The average molecular weight is 1160 g/mol. The van der Waals surface area contributed by atoms with Crippen LogP contribution in [-0.4, -0.2) is 112 Å². The summed E-state index contributed by atoms with van der Waals surface area (Å²) in [5.74, 6) is 5.21. The van der Waals surface area contributed by atoms with Crippen molar-refractivity contribution in [2.75, 3.05) is 105 Å². The summed E-state index contributed by atoms with van der Waals surface area (Å²) in [6, 6.07) is 31.2. The van der Waals surface area contributed by atoms with Gasteiger partial charge in [0.1, 0.15) is 17.5 Å². The number of likely N-dealkylation sites (N-methyl/N-ethyl adjacent to an activating group) is 2. The van der Waals surface area contributed by atoms with Crippen LogP contribution in [0.4, 0.5) is 34.1 Å². The van der Waals surface area contributed by atoms with E-state index in [1.807, 2.05) is 87.8 Å². The van der Waals surface area contributed by atoms with Crippen LogP contribution >= 0.6 is 94.1 Å². The third kappa shape index (κ3) is 19.6. The van der Waals surface area contributed by atoms with Gasteiger partial charge in [0.15, 0.2) is 0 Å². The van der Waals surface area contributed by atoms with E-state index < -0.39 is 0 Å². The predicted molar refractivity (Wildman–Crippen MR) is 338 cm³/mol. The van der Waals surface area contributed by atoms with E-state index >= 15 is 0 Å². The topological polar surface area (TPSA) is 169 Å². The lowest BCUT2D eigenvalue weighted by molar-refractivity contribution is 0.399. The molecule has 0 unspecified atom stereocenters. The predicted octanol–water partition coefficient (Wildman–Crippen LogP) is 12.6. The standard InChI is InChI=1S/C18H23N3S2.2C17H22N4S2.CH4O.CH4.2ClH/c1-2-3-4-9-21-10-12-23-16-8-7-14(13-15(16)21)20-18(19)17-6-5-11-22-17;2*1-2-19-7-8-21-9-11-23-15-6-5-13(12-14(15)21)20-17(18)16-4-3-10-22-16;1-2;;;/h5-8,11,13H,2-4,9-10,12H2,1H3,(H2,19,20);2*3-6,10,12,19H,2,7-9,11H2,1H3,(H2,18,20);2H,1H3;1H4;2*1H. The van der Waals surface area contributed by atoms with Crippen molar-refractivity contribution in [2.45, 2.75) is 62.1 Å². The summed E-state index contributed by atoms with van der Waals surface area (Å²) in [6.07, 6.45) is 3.81. The van der Waals surface area contributed by atoms with Crippen LogP contribution in [0.15, 0.2) is 137 Å². The molecule has 0 amide bonds. The highest BCUT2D eigenvalue weighted by Gasteiger charge is 2.20. The zero-order valence-corrected chi connectivity index (χ0v) is 48.9. The van der Waals surface area contributed by atoms with E-state index in [2.05, 4.69) is 116 Å². The van der Waals surface area contributed by atoms with Gasteiger partial charge >= 0.3 is 0 Å². The number of aliphatic imine (C=N–C) groups is 3. The summed E-state index contributed by atoms with van der Waals surface area (Å²) in [5, 5.41) is 19.9. The van der Waals surface area contributed by atoms with Crippen LogP contribution in [0.1, 0.15) is 62.1 Å². The molecule has 0 saturated heterocycles. The number of unbranched alkanes of at least 4 members (excludes halogenated alkanes) is 2. The second-order valence-electron chi connectivity index (χ2n) is 16.3. The first-order valence-electron chi connectivity index (χ1n) is 24.4. The number of benzene rings is 3. The number of amidine groups is 3. The molecule has 0 fully saturated rings. The van der Waals surface area contributed by atoms with Crippen LogP contribution < -0.4 is 42.5 Å². The molecule has 404 valence electrons. The molecule has 3 aromatic heterocycles. The van der Waals surface area contributed by atoms with Crippen LogP contribution in [0.3, 0.4) is 0 Å². The highest BCUT2D eigenvalue weighted by molar-refractivity contribution is 8.00. The summed E-state index contributed by atoms with van der Waals surface area (Å²) in [4.78, 5) is 28.3. The van der Waals surface area contributed by atoms with E-state index in [9.17, 15) is 0 Å². The lowest BCUT2D eigenvalue weighted by Crippen LogP contribution is -2.35. The van der Waals surface area contributed by atoms with Crippen molar-refractivity contribution in [2.24, 2.45) is 32.2 Å². The number of rotatable bonds is 18. The number of hydrogen-bond donors (Lipinski definition) is 6. The minimum atomic E-state index is 0. The Morgan fingerprint density at radius 2 is 0.851 bits per heavy atom. The fraction of sp³-hybridized carbons (Fsp3) is 0.389. The van der Waals surface area contributed by atoms with Crippen molar-refractivity contribution in [1.29, 1.82) is 0 Å². The summed E-state index contributed by atoms with van der Waals surface area (Å²) in [5.41, 5.74) is 25.0. The van der Waals surface area contributed by atoms with Crippen LogP contribution in [0.25, 0.3) is 0 Å². The Morgan fingerprint density at radius 1 is 0.514 bits per heavy atom. The van der Waals surface area contributed by atoms with Crippen molar-refractivity contribution >= 4 is 146 Å². The maximum absolute atomic E-state index is 7.00. The molecule has 9 N–H and O–H groups in total. The van der Waals surface area contributed by atoms with E-state index in [4.69, 9.17) is 22.3 Å². The molecule has 20 heteroatoms. The second-order valence-corrected chi connectivity index (χ2v) is 22.6. The Morgan fingerprint density at radius 3 is 1.15 bits per heavy atom. The molecule has 12 nitrogen and oxygen atoms in total. The summed E-state index contributed by atoms with van der Waals surface area (Å²) < 4.78 is 0. The summed E-state index contributed by atoms with van der Waals surface area (Å²) >= 11 is 10.6. The Balaban J connectivity index is 0.000000282. The highest BCUT2D eigenvalue weighted by Crippen LogP contribution is 2.40. The number of nitrogens with one attached hydrogen (secondary N) is 2. The smallest absolute Gasteiger partial charge is 0.141 e. The number of thioether (sulfide) groups is 3. The van der Waals surface area contributed by atoms with Crippen molar-refractivity contribution in [3.63, 3.8) is 0 Å². The van der Waals surface area contributed by atoms with E-state index in [1.54, 1.807) is 34.0 Å². The first kappa shape index (κ1) is 64.4. The van der Waals surface area contributed by atoms with E-state index in [-0.39, 0.29) is 32.2 Å². The largest absolute Gasteiger partial charge is 0.400 e. The minimum absolute atomic E-state index is 0. The average Bonchev–Trinajstić information content (AvgIpc) is 4.25. The molecule has 0 bridgehead atoms. The number of aliphatic hydroxyl groups is 1. The molecule has 0 spiro atoms. The Kier molecular flexibility index (Phi) is 30.8. The first-order valence-corrected chi connectivity index (χ1v) is 30.0. The molecule has 0 radical (unpaired) electrons. The molecule has 6 heterocycles. The van der Waals surface area contributed by atoms with Gasteiger partial charge in [-0.15, -0.1) is 94.1 Å². The van der Waals surface area contributed by atoms with Crippen LogP contribution in [0.2, 0.25) is 0 Å². The SMILES string of the molecule is C.CCCCCN1CCSc2ccc(N=C(N)c3cccs3)cc21.CCNCCN1CCSc2ccc(N=C(N)c3cccs3)cc21.CCNCCN1CCSc2ccc(N=C(N)c3cccs3)cc21.CO.Cl.Cl. The molecular weight excluding hydrogens is 1080 g/mol. The number of nitrogens with two attached hydrogens (primary N) is 3. The summed E-state index contributed by atoms with van der Waals surface area (Å²) in [6.45, 7) is 17.0. The van der Waals surface area contributed by atoms with E-state index in [0.29, 0.717) is 17.5 Å². The van der Waals surface area contributed by atoms with Gasteiger partial charge in [0.05, 0.1) is 48.8 Å². The van der Waals surface area contributed by atoms with Crippen molar-refractivity contribution < 1.29 is 5.11 Å². The van der Waals surface area contributed by atoms with Gasteiger partial charge in [0.2, 0.25) is 0 Å². The van der Waals surface area contributed by atoms with Gasteiger partial charge in [-0.1, -0.05) is 59.2 Å². The monoisotopic (exact) mass is 1160 g/mol. The highest BCUT2D eigenvalue weighted by atomic mass is 35.5. The maximum atomic E-state index is 7.00. The number of thiophene rings is 3. The molecule has 74 heavy (non-hydrogen) atoms. The Labute approximate surface area is 478 Å². The number of nitrogens with zero attached hydrogens (tertiary/aromatic N) is 6.